The number of ether oxygens (including phenoxy) is 1. The summed E-state index contributed by atoms with van der Waals surface area (Å²) in [6.07, 6.45) is 6.86. The second kappa shape index (κ2) is 11.1. The lowest BCUT2D eigenvalue weighted by molar-refractivity contribution is -0.120. The van der Waals surface area contributed by atoms with Gasteiger partial charge in [-0.15, -0.1) is 0 Å². The van der Waals surface area contributed by atoms with Crippen LogP contribution in [0.5, 0.6) is 0 Å². The lowest BCUT2D eigenvalue weighted by Crippen LogP contribution is -2.54. The molecule has 4 fully saturated rings. The number of aromatic nitrogens is 2. The minimum absolute atomic E-state index is 0.213. The summed E-state index contributed by atoms with van der Waals surface area (Å²) in [7, 11) is 0. The molecule has 234 valence electrons. The Morgan fingerprint density at radius 1 is 1.12 bits per heavy atom. The quantitative estimate of drug-likeness (QED) is 0.508. The SMILES string of the molecule is C[C@@H]1CN(CC2(F)CCN(C(=O)OC(C)(C)C)CC2)C[C@H](C)C1n1cc(C2CC2)c2cc(N3CCC(=O)NC3=O)cnc21. The van der Waals surface area contributed by atoms with Gasteiger partial charge in [0, 0.05) is 76.2 Å². The molecular formula is C32H45FN6O4. The van der Waals surface area contributed by atoms with E-state index in [1.807, 2.05) is 20.8 Å². The first-order chi connectivity index (χ1) is 20.3. The van der Waals surface area contributed by atoms with Crippen molar-refractivity contribution in [3.05, 3.63) is 24.0 Å². The number of piperidine rings is 2. The van der Waals surface area contributed by atoms with Crippen molar-refractivity contribution in [2.24, 2.45) is 11.8 Å². The molecule has 0 bridgehead atoms. The smallest absolute Gasteiger partial charge is 0.410 e. The Hall–Kier alpha value is -3.21. The summed E-state index contributed by atoms with van der Waals surface area (Å²) >= 11 is 0. The number of hydrogen-bond acceptors (Lipinski definition) is 6. The lowest BCUT2D eigenvalue weighted by Gasteiger charge is -2.45. The fourth-order valence-corrected chi connectivity index (χ4v) is 7.37. The molecular weight excluding hydrogens is 551 g/mol. The molecule has 2 aromatic rings. The number of likely N-dealkylation sites (tertiary alicyclic amines) is 2. The van der Waals surface area contributed by atoms with Gasteiger partial charge in [0.1, 0.15) is 16.9 Å². The van der Waals surface area contributed by atoms with Crippen molar-refractivity contribution in [1.82, 2.24) is 24.7 Å². The van der Waals surface area contributed by atoms with Crippen molar-refractivity contribution in [3.63, 3.8) is 0 Å². The number of nitrogens with one attached hydrogen (secondary N) is 1. The van der Waals surface area contributed by atoms with Gasteiger partial charge in [0.05, 0.1) is 11.9 Å². The normalized spacial score (nSPS) is 27.0. The molecule has 1 saturated carbocycles. The zero-order valence-electron chi connectivity index (χ0n) is 26.1. The van der Waals surface area contributed by atoms with E-state index in [1.54, 1.807) is 16.0 Å². The third kappa shape index (κ3) is 6.23. The third-order valence-electron chi connectivity index (χ3n) is 9.47. The predicted molar refractivity (Wildman–Crippen MR) is 162 cm³/mol. The first-order valence-corrected chi connectivity index (χ1v) is 15.8. The molecule has 43 heavy (non-hydrogen) atoms. The Kier molecular flexibility index (Phi) is 7.67. The molecule has 10 nitrogen and oxygen atoms in total. The van der Waals surface area contributed by atoms with Gasteiger partial charge in [0.25, 0.3) is 0 Å². The molecule has 11 heteroatoms. The Morgan fingerprint density at radius 3 is 2.40 bits per heavy atom. The number of carbonyl (C=O) groups is 3. The average Bonchev–Trinajstić information content (AvgIpc) is 3.69. The number of hydrogen-bond donors (Lipinski definition) is 1. The van der Waals surface area contributed by atoms with Crippen LogP contribution in [0.25, 0.3) is 11.0 Å². The molecule has 3 saturated heterocycles. The van der Waals surface area contributed by atoms with Crippen molar-refractivity contribution < 1.29 is 23.5 Å². The second-order valence-corrected chi connectivity index (χ2v) is 14.3. The number of pyridine rings is 1. The Balaban J connectivity index is 1.15. The molecule has 3 atom stereocenters. The van der Waals surface area contributed by atoms with Crippen LogP contribution in [-0.4, -0.2) is 87.9 Å². The summed E-state index contributed by atoms with van der Waals surface area (Å²) in [6.45, 7) is 13.1. The van der Waals surface area contributed by atoms with Crippen LogP contribution in [0.15, 0.2) is 18.5 Å². The van der Waals surface area contributed by atoms with Crippen LogP contribution in [0.2, 0.25) is 0 Å². The third-order valence-corrected chi connectivity index (χ3v) is 9.47. The molecule has 1 unspecified atom stereocenters. The highest BCUT2D eigenvalue weighted by Crippen LogP contribution is 2.46. The molecule has 0 radical (unpaired) electrons. The van der Waals surface area contributed by atoms with Crippen molar-refractivity contribution in [2.75, 3.05) is 44.2 Å². The maximum Gasteiger partial charge on any atom is 0.410 e. The van der Waals surface area contributed by atoms with E-state index in [2.05, 4.69) is 40.9 Å². The number of halogens is 1. The first-order valence-electron chi connectivity index (χ1n) is 15.8. The highest BCUT2D eigenvalue weighted by Gasteiger charge is 2.42. The minimum atomic E-state index is -1.33. The Labute approximate surface area is 252 Å². The highest BCUT2D eigenvalue weighted by atomic mass is 19.1. The zero-order valence-corrected chi connectivity index (χ0v) is 26.1. The molecule has 6 rings (SSSR count). The topological polar surface area (TPSA) is 100 Å². The summed E-state index contributed by atoms with van der Waals surface area (Å²) in [4.78, 5) is 47.0. The highest BCUT2D eigenvalue weighted by molar-refractivity contribution is 6.06. The van der Waals surface area contributed by atoms with E-state index in [0.717, 1.165) is 37.0 Å². The van der Waals surface area contributed by atoms with E-state index in [1.165, 1.54) is 5.56 Å². The minimum Gasteiger partial charge on any atom is -0.444 e. The van der Waals surface area contributed by atoms with Crippen molar-refractivity contribution >= 4 is 34.8 Å². The van der Waals surface area contributed by atoms with Crippen LogP contribution in [-0.2, 0) is 9.53 Å². The van der Waals surface area contributed by atoms with Gasteiger partial charge in [-0.05, 0) is 63.0 Å². The van der Waals surface area contributed by atoms with E-state index in [4.69, 9.17) is 9.72 Å². The van der Waals surface area contributed by atoms with E-state index < -0.39 is 17.3 Å². The number of rotatable bonds is 5. The van der Waals surface area contributed by atoms with Crippen LogP contribution in [0, 0.1) is 11.8 Å². The fourth-order valence-electron chi connectivity index (χ4n) is 7.37. The van der Waals surface area contributed by atoms with Crippen LogP contribution < -0.4 is 10.2 Å². The van der Waals surface area contributed by atoms with Crippen molar-refractivity contribution in [1.29, 1.82) is 0 Å². The van der Waals surface area contributed by atoms with Crippen molar-refractivity contribution in [2.45, 2.75) is 90.0 Å². The largest absolute Gasteiger partial charge is 0.444 e. The maximum atomic E-state index is 16.1. The number of fused-ring (bicyclic) bond motifs is 1. The van der Waals surface area contributed by atoms with Gasteiger partial charge < -0.3 is 14.2 Å². The average molecular weight is 597 g/mol. The van der Waals surface area contributed by atoms with E-state index >= 15 is 4.39 Å². The molecule has 3 aliphatic heterocycles. The van der Waals surface area contributed by atoms with Gasteiger partial charge in [0.2, 0.25) is 5.91 Å². The molecule has 2 aromatic heterocycles. The van der Waals surface area contributed by atoms with E-state index in [-0.39, 0.29) is 36.3 Å². The van der Waals surface area contributed by atoms with Crippen LogP contribution in [0.1, 0.15) is 84.2 Å². The van der Waals surface area contributed by atoms with Gasteiger partial charge >= 0.3 is 12.1 Å². The number of imide groups is 1. The van der Waals surface area contributed by atoms with E-state index in [0.29, 0.717) is 50.6 Å². The number of alkyl halides is 1. The van der Waals surface area contributed by atoms with Gasteiger partial charge in [-0.3, -0.25) is 19.9 Å². The number of nitrogens with zero attached hydrogens (tertiary/aromatic N) is 5. The zero-order chi connectivity index (χ0) is 30.7. The number of amides is 4. The monoisotopic (exact) mass is 596 g/mol. The summed E-state index contributed by atoms with van der Waals surface area (Å²) in [5.74, 6) is 0.801. The molecule has 4 aliphatic rings. The van der Waals surface area contributed by atoms with E-state index in [9.17, 15) is 14.4 Å². The molecule has 1 N–H and O–H groups in total. The predicted octanol–water partition coefficient (Wildman–Crippen LogP) is 5.23. The fraction of sp³-hybridized carbons (Fsp3) is 0.688. The van der Waals surface area contributed by atoms with Gasteiger partial charge in [0.15, 0.2) is 0 Å². The molecule has 5 heterocycles. The molecule has 0 spiro atoms. The van der Waals surface area contributed by atoms with Crippen molar-refractivity contribution in [3.8, 4) is 0 Å². The van der Waals surface area contributed by atoms with Crippen LogP contribution >= 0.6 is 0 Å². The molecule has 0 aromatic carbocycles. The first kappa shape index (κ1) is 29.8. The standard InChI is InChI=1S/C32H45FN6O4/c1-20-16-36(19-32(33)9-12-37(13-10-32)30(42)43-31(3,4)5)17-21(2)27(20)39-18-25(22-6-7-22)24-14-23(15-34-28(24)39)38-11-8-26(40)35-29(38)41/h14-15,18,20-22,27H,6-13,16-17,19H2,1-5H3,(H,35,40,41)/t20-,21+,27?. The van der Waals surface area contributed by atoms with Gasteiger partial charge in [-0.1, -0.05) is 13.8 Å². The Morgan fingerprint density at radius 2 is 1.79 bits per heavy atom. The lowest BCUT2D eigenvalue weighted by atomic mass is 9.84. The second-order valence-electron chi connectivity index (χ2n) is 14.3. The number of carbonyl (C=O) groups excluding carboxylic acids is 3. The maximum absolute atomic E-state index is 16.1. The number of urea groups is 1. The Bertz CT molecular complexity index is 1390. The van der Waals surface area contributed by atoms with Gasteiger partial charge in [-0.2, -0.15) is 0 Å². The van der Waals surface area contributed by atoms with Crippen LogP contribution in [0.4, 0.5) is 19.7 Å². The van der Waals surface area contributed by atoms with Crippen LogP contribution in [0.3, 0.4) is 0 Å². The summed E-state index contributed by atoms with van der Waals surface area (Å²) in [5, 5.41) is 3.48. The number of anilines is 1. The van der Waals surface area contributed by atoms with Gasteiger partial charge in [-0.25, -0.2) is 19.0 Å². The molecule has 4 amide bonds. The summed E-state index contributed by atoms with van der Waals surface area (Å²) in [5.41, 5.74) is 1.02. The summed E-state index contributed by atoms with van der Waals surface area (Å²) in [6, 6.07) is 1.87. The molecule has 1 aliphatic carbocycles. The summed E-state index contributed by atoms with van der Waals surface area (Å²) < 4.78 is 23.9.